The number of hydrogen-bond acceptors (Lipinski definition) is 9. The molecule has 0 aliphatic carbocycles. The molecule has 0 aromatic carbocycles. The van der Waals surface area contributed by atoms with Crippen molar-refractivity contribution in [3.63, 3.8) is 0 Å². The number of piperazine rings is 1. The van der Waals surface area contributed by atoms with Crippen LogP contribution in [0.5, 0.6) is 0 Å². The van der Waals surface area contributed by atoms with Crippen LogP contribution in [0.25, 0.3) is 0 Å². The fraction of sp³-hybridized carbons (Fsp3) is 0.455. The fourth-order valence-corrected chi connectivity index (χ4v) is 2.68. The summed E-state index contributed by atoms with van der Waals surface area (Å²) < 4.78 is 3.91. The van der Waals surface area contributed by atoms with Crippen LogP contribution in [0.4, 0.5) is 10.9 Å². The van der Waals surface area contributed by atoms with E-state index in [9.17, 15) is 0 Å². The van der Waals surface area contributed by atoms with E-state index < -0.39 is 0 Å². The first kappa shape index (κ1) is 13.2. The molecule has 106 valence electrons. The zero-order valence-electron chi connectivity index (χ0n) is 10.9. The standard InChI is InChI=1S/C11H16N8S/c12-15-10-9(16-17-20-10)8-18-4-6-19(7-5-18)11-13-2-1-3-14-11/h1-3,15H,4-8,12H2. The van der Waals surface area contributed by atoms with Crippen LogP contribution in [-0.4, -0.2) is 50.6 Å². The molecule has 0 amide bonds. The maximum Gasteiger partial charge on any atom is 0.225 e. The summed E-state index contributed by atoms with van der Waals surface area (Å²) >= 11 is 1.28. The minimum atomic E-state index is 0.763. The van der Waals surface area contributed by atoms with Gasteiger partial charge >= 0.3 is 0 Å². The molecular formula is C11H16N8S. The Labute approximate surface area is 120 Å². The number of hydrazine groups is 1. The summed E-state index contributed by atoms with van der Waals surface area (Å²) in [5.74, 6) is 6.23. The molecule has 9 heteroatoms. The number of rotatable bonds is 4. The molecule has 0 bridgehead atoms. The lowest BCUT2D eigenvalue weighted by atomic mass is 10.3. The third-order valence-electron chi connectivity index (χ3n) is 3.27. The first-order chi connectivity index (χ1) is 9.86. The minimum absolute atomic E-state index is 0.763. The van der Waals surface area contributed by atoms with E-state index in [1.54, 1.807) is 12.4 Å². The second kappa shape index (κ2) is 6.07. The summed E-state index contributed by atoms with van der Waals surface area (Å²) in [6.07, 6.45) is 3.55. The number of nitrogens with one attached hydrogen (secondary N) is 1. The van der Waals surface area contributed by atoms with Gasteiger partial charge in [0.1, 0.15) is 10.7 Å². The molecule has 1 aliphatic rings. The summed E-state index contributed by atoms with van der Waals surface area (Å²) in [4.78, 5) is 13.1. The first-order valence-electron chi connectivity index (χ1n) is 6.39. The van der Waals surface area contributed by atoms with Gasteiger partial charge in [0.25, 0.3) is 0 Å². The van der Waals surface area contributed by atoms with Crippen LogP contribution in [0.1, 0.15) is 5.69 Å². The van der Waals surface area contributed by atoms with Gasteiger partial charge < -0.3 is 10.3 Å². The van der Waals surface area contributed by atoms with Gasteiger partial charge in [-0.25, -0.2) is 15.8 Å². The van der Waals surface area contributed by atoms with Gasteiger partial charge in [0, 0.05) is 56.6 Å². The van der Waals surface area contributed by atoms with Crippen LogP contribution in [0.15, 0.2) is 18.5 Å². The Bertz CT molecular complexity index is 536. The average Bonchev–Trinajstić information content (AvgIpc) is 2.96. The van der Waals surface area contributed by atoms with E-state index >= 15 is 0 Å². The van der Waals surface area contributed by atoms with Crippen molar-refractivity contribution in [3.8, 4) is 0 Å². The zero-order chi connectivity index (χ0) is 13.8. The molecule has 0 saturated carbocycles. The van der Waals surface area contributed by atoms with Crippen LogP contribution < -0.4 is 16.2 Å². The Morgan fingerprint density at radius 3 is 2.65 bits per heavy atom. The molecule has 2 aromatic heterocycles. The lowest BCUT2D eigenvalue weighted by Crippen LogP contribution is -2.46. The quantitative estimate of drug-likeness (QED) is 0.597. The number of aromatic nitrogens is 4. The molecule has 0 spiro atoms. The SMILES string of the molecule is NNc1snnc1CN1CCN(c2ncccn2)CC1. The van der Waals surface area contributed by atoms with Gasteiger partial charge in [0.05, 0.1) is 0 Å². The molecule has 20 heavy (non-hydrogen) atoms. The molecule has 0 radical (unpaired) electrons. The molecule has 0 unspecified atom stereocenters. The normalized spacial score (nSPS) is 16.4. The van der Waals surface area contributed by atoms with Crippen molar-refractivity contribution in [2.24, 2.45) is 5.84 Å². The van der Waals surface area contributed by atoms with Gasteiger partial charge in [-0.15, -0.1) is 5.10 Å². The van der Waals surface area contributed by atoms with Crippen LogP contribution in [-0.2, 0) is 6.54 Å². The smallest absolute Gasteiger partial charge is 0.225 e. The number of nitrogens with two attached hydrogens (primary N) is 1. The number of nitrogen functional groups attached to an aromatic ring is 1. The van der Waals surface area contributed by atoms with Crippen molar-refractivity contribution in [2.45, 2.75) is 6.54 Å². The lowest BCUT2D eigenvalue weighted by Gasteiger charge is -2.34. The van der Waals surface area contributed by atoms with Crippen molar-refractivity contribution in [2.75, 3.05) is 36.5 Å². The number of nitrogens with zero attached hydrogens (tertiary/aromatic N) is 6. The molecule has 2 aromatic rings. The van der Waals surface area contributed by atoms with Crippen molar-refractivity contribution < 1.29 is 0 Å². The number of hydrogen-bond donors (Lipinski definition) is 2. The van der Waals surface area contributed by atoms with Gasteiger partial charge in [-0.05, 0) is 6.07 Å². The second-order valence-electron chi connectivity index (χ2n) is 4.51. The predicted octanol–water partition coefficient (Wildman–Crippen LogP) is -0.0641. The summed E-state index contributed by atoms with van der Waals surface area (Å²) in [7, 11) is 0. The predicted molar refractivity (Wildman–Crippen MR) is 77.2 cm³/mol. The first-order valence-corrected chi connectivity index (χ1v) is 7.16. The maximum absolute atomic E-state index is 5.44. The highest BCUT2D eigenvalue weighted by Crippen LogP contribution is 2.19. The Morgan fingerprint density at radius 1 is 1.20 bits per heavy atom. The third-order valence-corrected chi connectivity index (χ3v) is 3.97. The molecule has 1 aliphatic heterocycles. The van der Waals surface area contributed by atoms with Gasteiger partial charge in [0.2, 0.25) is 5.95 Å². The van der Waals surface area contributed by atoms with E-state index in [0.717, 1.165) is 49.4 Å². The van der Waals surface area contributed by atoms with Gasteiger partial charge in [-0.2, -0.15) is 0 Å². The highest BCUT2D eigenvalue weighted by molar-refractivity contribution is 7.10. The van der Waals surface area contributed by atoms with Crippen molar-refractivity contribution in [1.82, 2.24) is 24.5 Å². The molecule has 8 nitrogen and oxygen atoms in total. The molecule has 1 saturated heterocycles. The average molecular weight is 292 g/mol. The van der Waals surface area contributed by atoms with E-state index in [-0.39, 0.29) is 0 Å². The maximum atomic E-state index is 5.44. The molecule has 3 rings (SSSR count). The van der Waals surface area contributed by atoms with Gasteiger partial charge in [-0.3, -0.25) is 4.90 Å². The van der Waals surface area contributed by atoms with Crippen LogP contribution >= 0.6 is 11.5 Å². The van der Waals surface area contributed by atoms with Crippen molar-refractivity contribution >= 4 is 22.5 Å². The Kier molecular flexibility index (Phi) is 4.00. The van der Waals surface area contributed by atoms with Crippen molar-refractivity contribution in [1.29, 1.82) is 0 Å². The van der Waals surface area contributed by atoms with Crippen LogP contribution in [0, 0.1) is 0 Å². The Morgan fingerprint density at radius 2 is 1.95 bits per heavy atom. The van der Waals surface area contributed by atoms with Gasteiger partial charge in [-0.1, -0.05) is 4.49 Å². The largest absolute Gasteiger partial charge is 0.338 e. The van der Waals surface area contributed by atoms with E-state index in [1.165, 1.54) is 11.5 Å². The lowest BCUT2D eigenvalue weighted by molar-refractivity contribution is 0.246. The van der Waals surface area contributed by atoms with E-state index in [4.69, 9.17) is 5.84 Å². The molecule has 1 fully saturated rings. The summed E-state index contributed by atoms with van der Waals surface area (Å²) in [5, 5.41) is 4.94. The highest BCUT2D eigenvalue weighted by atomic mass is 32.1. The molecule has 3 N–H and O–H groups in total. The second-order valence-corrected chi connectivity index (χ2v) is 5.26. The topological polar surface area (TPSA) is 96.1 Å². The highest BCUT2D eigenvalue weighted by Gasteiger charge is 2.20. The van der Waals surface area contributed by atoms with Crippen LogP contribution in [0.3, 0.4) is 0 Å². The van der Waals surface area contributed by atoms with E-state index in [1.807, 2.05) is 6.07 Å². The number of anilines is 2. The molecule has 3 heterocycles. The fourth-order valence-electron chi connectivity index (χ4n) is 2.19. The summed E-state index contributed by atoms with van der Waals surface area (Å²) in [6, 6.07) is 1.83. The molecule has 0 atom stereocenters. The summed E-state index contributed by atoms with van der Waals surface area (Å²) in [5.41, 5.74) is 3.54. The zero-order valence-corrected chi connectivity index (χ0v) is 11.8. The van der Waals surface area contributed by atoms with Crippen LogP contribution in [0.2, 0.25) is 0 Å². The van der Waals surface area contributed by atoms with Crippen molar-refractivity contribution in [3.05, 3.63) is 24.2 Å². The molecular weight excluding hydrogens is 276 g/mol. The van der Waals surface area contributed by atoms with E-state index in [2.05, 4.69) is 34.8 Å². The summed E-state index contributed by atoms with van der Waals surface area (Å²) in [6.45, 7) is 4.47. The van der Waals surface area contributed by atoms with E-state index in [0.29, 0.717) is 0 Å². The third kappa shape index (κ3) is 2.84. The van der Waals surface area contributed by atoms with Gasteiger partial charge in [0.15, 0.2) is 0 Å². The Hall–Kier alpha value is -1.84. The minimum Gasteiger partial charge on any atom is -0.338 e. The monoisotopic (exact) mass is 292 g/mol. The Balaban J connectivity index is 1.56.